The van der Waals surface area contributed by atoms with Gasteiger partial charge in [0.05, 0.1) is 11.3 Å². The summed E-state index contributed by atoms with van der Waals surface area (Å²) in [6.07, 6.45) is 6.10. The van der Waals surface area contributed by atoms with Gasteiger partial charge < -0.3 is 5.32 Å². The fourth-order valence-corrected chi connectivity index (χ4v) is 4.56. The summed E-state index contributed by atoms with van der Waals surface area (Å²) in [7, 11) is 0. The van der Waals surface area contributed by atoms with Crippen molar-refractivity contribution in [1.82, 2.24) is 0 Å². The molecule has 0 atom stereocenters. The molecule has 1 N–H and O–H groups in total. The molecule has 23 heavy (non-hydrogen) atoms. The van der Waals surface area contributed by atoms with E-state index >= 15 is 0 Å². The first-order valence-corrected chi connectivity index (χ1v) is 9.95. The molecule has 0 radical (unpaired) electrons. The largest absolute Gasteiger partial charge is 0.316 e. The second kappa shape index (κ2) is 7.32. The number of thioether (sulfide) groups is 1. The van der Waals surface area contributed by atoms with Crippen molar-refractivity contribution < 1.29 is 9.59 Å². The highest BCUT2D eigenvalue weighted by Gasteiger charge is 2.26. The maximum Gasteiger partial charge on any atom is 0.234 e. The van der Waals surface area contributed by atoms with Crippen LogP contribution in [0.5, 0.6) is 0 Å². The van der Waals surface area contributed by atoms with E-state index in [1.54, 1.807) is 11.3 Å². The minimum absolute atomic E-state index is 0.0180. The Bertz CT molecular complexity index is 722. The molecular weight excluding hydrogens is 326 g/mol. The van der Waals surface area contributed by atoms with E-state index in [4.69, 9.17) is 0 Å². The summed E-state index contributed by atoms with van der Waals surface area (Å²) in [5.74, 6) is 0.379. The van der Waals surface area contributed by atoms with Crippen molar-refractivity contribution in [1.29, 1.82) is 0 Å². The number of ketones is 1. The molecule has 0 saturated carbocycles. The highest BCUT2D eigenvalue weighted by Crippen LogP contribution is 2.39. The second-order valence-electron chi connectivity index (χ2n) is 5.59. The first kappa shape index (κ1) is 16.3. The van der Waals surface area contributed by atoms with Crippen LogP contribution in [0.3, 0.4) is 0 Å². The number of aryl methyl sites for hydroxylation is 1. The standard InChI is InChI=1S/C18H19NO2S2/c1-22-11-15(20)19-18-16(13-9-5-6-10-14(13)23-18)17(21)12-7-3-2-4-8-12/h2-4,7-8H,5-6,9-11H2,1H3,(H,19,20). The van der Waals surface area contributed by atoms with E-state index in [-0.39, 0.29) is 11.7 Å². The quantitative estimate of drug-likeness (QED) is 0.828. The molecule has 1 heterocycles. The number of thiophene rings is 1. The molecule has 3 nitrogen and oxygen atoms in total. The summed E-state index contributed by atoms with van der Waals surface area (Å²) in [5.41, 5.74) is 2.54. The fourth-order valence-electron chi connectivity index (χ4n) is 2.92. The Labute approximate surface area is 144 Å². The third kappa shape index (κ3) is 3.51. The monoisotopic (exact) mass is 345 g/mol. The van der Waals surface area contributed by atoms with Crippen molar-refractivity contribution in [3.8, 4) is 0 Å². The molecular formula is C18H19NO2S2. The highest BCUT2D eigenvalue weighted by atomic mass is 32.2. The number of hydrogen-bond acceptors (Lipinski definition) is 4. The van der Waals surface area contributed by atoms with Crippen molar-refractivity contribution in [3.05, 3.63) is 51.9 Å². The van der Waals surface area contributed by atoms with Crippen LogP contribution in [-0.2, 0) is 17.6 Å². The molecule has 0 unspecified atom stereocenters. The number of amides is 1. The van der Waals surface area contributed by atoms with Crippen LogP contribution in [0.2, 0.25) is 0 Å². The first-order chi connectivity index (χ1) is 11.2. The van der Waals surface area contributed by atoms with Crippen LogP contribution in [0.25, 0.3) is 0 Å². The predicted octanol–water partition coefficient (Wildman–Crippen LogP) is 4.16. The Morgan fingerprint density at radius 1 is 1.17 bits per heavy atom. The van der Waals surface area contributed by atoms with Crippen LogP contribution in [0, 0.1) is 0 Å². The summed E-state index contributed by atoms with van der Waals surface area (Å²) in [6.45, 7) is 0. The Hall–Kier alpha value is -1.59. The van der Waals surface area contributed by atoms with Gasteiger partial charge in [0.2, 0.25) is 5.91 Å². The lowest BCUT2D eigenvalue weighted by atomic mass is 9.92. The molecule has 0 bridgehead atoms. The topological polar surface area (TPSA) is 46.2 Å². The zero-order valence-electron chi connectivity index (χ0n) is 13.1. The van der Waals surface area contributed by atoms with Gasteiger partial charge >= 0.3 is 0 Å². The average Bonchev–Trinajstić information content (AvgIpc) is 2.93. The fraction of sp³-hybridized carbons (Fsp3) is 0.333. The highest BCUT2D eigenvalue weighted by molar-refractivity contribution is 7.99. The van der Waals surface area contributed by atoms with Crippen molar-refractivity contribution in [2.45, 2.75) is 25.7 Å². The third-order valence-corrected chi connectivity index (χ3v) is 5.72. The Morgan fingerprint density at radius 2 is 1.91 bits per heavy atom. The Morgan fingerprint density at radius 3 is 2.65 bits per heavy atom. The number of fused-ring (bicyclic) bond motifs is 1. The molecule has 0 saturated heterocycles. The molecule has 1 aromatic carbocycles. The maximum atomic E-state index is 13.0. The predicted molar refractivity (Wildman–Crippen MR) is 97.8 cm³/mol. The van der Waals surface area contributed by atoms with Gasteiger partial charge in [-0.15, -0.1) is 11.3 Å². The van der Waals surface area contributed by atoms with E-state index in [1.165, 1.54) is 16.6 Å². The minimum atomic E-state index is -0.0433. The Kier molecular flexibility index (Phi) is 5.18. The molecule has 1 aliphatic carbocycles. The lowest BCUT2D eigenvalue weighted by Gasteiger charge is -2.12. The summed E-state index contributed by atoms with van der Waals surface area (Å²) >= 11 is 3.06. The van der Waals surface area contributed by atoms with Gasteiger partial charge in [0.25, 0.3) is 0 Å². The van der Waals surface area contributed by atoms with Gasteiger partial charge in [0, 0.05) is 10.4 Å². The van der Waals surface area contributed by atoms with Crippen molar-refractivity contribution in [2.24, 2.45) is 0 Å². The van der Waals surface area contributed by atoms with Gasteiger partial charge in [-0.3, -0.25) is 9.59 Å². The van der Waals surface area contributed by atoms with Crippen LogP contribution < -0.4 is 5.32 Å². The van der Waals surface area contributed by atoms with Gasteiger partial charge in [0.15, 0.2) is 5.78 Å². The zero-order chi connectivity index (χ0) is 16.2. The first-order valence-electron chi connectivity index (χ1n) is 7.73. The van der Waals surface area contributed by atoms with Crippen molar-refractivity contribution in [3.63, 3.8) is 0 Å². The van der Waals surface area contributed by atoms with Crippen molar-refractivity contribution in [2.75, 3.05) is 17.3 Å². The van der Waals surface area contributed by atoms with Crippen LogP contribution in [0.15, 0.2) is 30.3 Å². The summed E-state index contributed by atoms with van der Waals surface area (Å²) < 4.78 is 0. The van der Waals surface area contributed by atoms with Gasteiger partial charge in [-0.2, -0.15) is 11.8 Å². The van der Waals surface area contributed by atoms with Gasteiger partial charge in [-0.25, -0.2) is 0 Å². The van der Waals surface area contributed by atoms with E-state index in [1.807, 2.05) is 36.6 Å². The van der Waals surface area contributed by atoms with E-state index in [0.29, 0.717) is 16.9 Å². The lowest BCUT2D eigenvalue weighted by Crippen LogP contribution is -2.16. The summed E-state index contributed by atoms with van der Waals surface area (Å²) in [4.78, 5) is 26.2. The second-order valence-corrected chi connectivity index (χ2v) is 7.56. The molecule has 5 heteroatoms. The summed E-state index contributed by atoms with van der Waals surface area (Å²) in [6, 6.07) is 9.32. The SMILES string of the molecule is CSCC(=O)Nc1sc2c(c1C(=O)c1ccccc1)CCCC2. The smallest absolute Gasteiger partial charge is 0.234 e. The van der Waals surface area contributed by atoms with Crippen molar-refractivity contribution >= 4 is 39.8 Å². The molecule has 0 aliphatic heterocycles. The Balaban J connectivity index is 2.01. The molecule has 120 valence electrons. The number of hydrogen-bond donors (Lipinski definition) is 1. The number of carbonyl (C=O) groups is 2. The molecule has 2 aromatic rings. The number of rotatable bonds is 5. The molecule has 0 fully saturated rings. The molecule has 1 aliphatic rings. The number of carbonyl (C=O) groups excluding carboxylic acids is 2. The van der Waals surface area contributed by atoms with Gasteiger partial charge in [0.1, 0.15) is 5.00 Å². The number of benzene rings is 1. The van der Waals surface area contributed by atoms with Crippen LogP contribution in [-0.4, -0.2) is 23.7 Å². The average molecular weight is 345 g/mol. The number of nitrogens with one attached hydrogen (secondary N) is 1. The van der Waals surface area contributed by atoms with E-state index in [9.17, 15) is 9.59 Å². The lowest BCUT2D eigenvalue weighted by molar-refractivity contribution is -0.113. The maximum absolute atomic E-state index is 13.0. The van der Waals surface area contributed by atoms with E-state index < -0.39 is 0 Å². The van der Waals surface area contributed by atoms with E-state index in [0.717, 1.165) is 36.2 Å². The molecule has 3 rings (SSSR count). The van der Waals surface area contributed by atoms with Gasteiger partial charge in [-0.05, 0) is 37.5 Å². The minimum Gasteiger partial charge on any atom is -0.316 e. The molecule has 1 amide bonds. The molecule has 1 aromatic heterocycles. The third-order valence-electron chi connectivity index (χ3n) is 3.96. The van der Waals surface area contributed by atoms with Crippen LogP contribution in [0.1, 0.15) is 39.2 Å². The van der Waals surface area contributed by atoms with Crippen LogP contribution >= 0.6 is 23.1 Å². The normalized spacial score (nSPS) is 13.4. The van der Waals surface area contributed by atoms with Gasteiger partial charge in [-0.1, -0.05) is 30.3 Å². The van der Waals surface area contributed by atoms with Crippen LogP contribution in [0.4, 0.5) is 5.00 Å². The zero-order valence-corrected chi connectivity index (χ0v) is 14.7. The number of anilines is 1. The van der Waals surface area contributed by atoms with E-state index in [2.05, 4.69) is 5.32 Å². The molecule has 0 spiro atoms. The summed E-state index contributed by atoms with van der Waals surface area (Å²) in [5, 5.41) is 3.68.